The fraction of sp³-hybridized carbons (Fsp3) is 0.389. The maximum Gasteiger partial charge on any atom is 0.317 e. The Labute approximate surface area is 155 Å². The second kappa shape index (κ2) is 7.56. The van der Waals surface area contributed by atoms with Crippen molar-refractivity contribution in [2.75, 3.05) is 13.1 Å². The number of piperidine rings is 1. The molecule has 3 aromatic heterocycles. The van der Waals surface area contributed by atoms with E-state index in [1.54, 1.807) is 30.3 Å². The summed E-state index contributed by atoms with van der Waals surface area (Å²) in [6.07, 6.45) is 5.26. The Morgan fingerprint density at radius 1 is 1.37 bits per heavy atom. The van der Waals surface area contributed by atoms with Gasteiger partial charge in [-0.05, 0) is 25.0 Å². The van der Waals surface area contributed by atoms with E-state index in [0.29, 0.717) is 36.3 Å². The van der Waals surface area contributed by atoms with Crippen LogP contribution in [0.15, 0.2) is 39.6 Å². The minimum absolute atomic E-state index is 0.101. The van der Waals surface area contributed by atoms with E-state index in [-0.39, 0.29) is 18.5 Å². The molecule has 4 rings (SSSR count). The number of carbonyl (C=O) groups excluding carboxylic acids is 1. The van der Waals surface area contributed by atoms with Crippen molar-refractivity contribution < 1.29 is 13.8 Å². The molecule has 0 aliphatic carbocycles. The van der Waals surface area contributed by atoms with Gasteiger partial charge >= 0.3 is 6.03 Å². The summed E-state index contributed by atoms with van der Waals surface area (Å²) in [6.45, 7) is 3.31. The zero-order chi connectivity index (χ0) is 18.6. The standard InChI is InChI=1S/C18H20N6O3/c1-12-21-17(23-26-12)14-5-3-7-24(11-14)18(25)20-10-15-8-16(22-27-15)13-4-2-6-19-9-13/h2,4,6,8-9,14H,3,5,7,10-11H2,1H3,(H,20,25). The monoisotopic (exact) mass is 368 g/mol. The van der Waals surface area contributed by atoms with Crippen LogP contribution >= 0.6 is 0 Å². The third-order valence-electron chi connectivity index (χ3n) is 4.55. The van der Waals surface area contributed by atoms with Crippen LogP contribution in [0.25, 0.3) is 11.3 Å². The van der Waals surface area contributed by atoms with E-state index in [2.05, 4.69) is 25.6 Å². The van der Waals surface area contributed by atoms with Gasteiger partial charge in [0.1, 0.15) is 5.69 Å². The van der Waals surface area contributed by atoms with E-state index in [1.807, 2.05) is 12.1 Å². The Morgan fingerprint density at radius 3 is 3.07 bits per heavy atom. The van der Waals surface area contributed by atoms with Crippen molar-refractivity contribution in [3.63, 3.8) is 0 Å². The molecule has 1 aliphatic rings. The van der Waals surface area contributed by atoms with Gasteiger partial charge in [0.05, 0.1) is 6.54 Å². The second-order valence-electron chi connectivity index (χ2n) is 6.54. The van der Waals surface area contributed by atoms with Gasteiger partial charge in [0.15, 0.2) is 11.6 Å². The number of rotatable bonds is 4. The number of aromatic nitrogens is 4. The molecule has 27 heavy (non-hydrogen) atoms. The molecule has 0 saturated carbocycles. The molecule has 1 saturated heterocycles. The summed E-state index contributed by atoms with van der Waals surface area (Å²) in [5, 5.41) is 10.9. The Morgan fingerprint density at radius 2 is 2.30 bits per heavy atom. The van der Waals surface area contributed by atoms with Gasteiger partial charge in [-0.15, -0.1) is 0 Å². The summed E-state index contributed by atoms with van der Waals surface area (Å²) in [5.74, 6) is 1.90. The Bertz CT molecular complexity index is 907. The van der Waals surface area contributed by atoms with Crippen LogP contribution in [-0.4, -0.2) is 44.3 Å². The van der Waals surface area contributed by atoms with Crippen LogP contribution in [0.2, 0.25) is 0 Å². The number of amides is 2. The van der Waals surface area contributed by atoms with Crippen LogP contribution in [0.4, 0.5) is 4.79 Å². The van der Waals surface area contributed by atoms with Crippen LogP contribution < -0.4 is 5.32 Å². The highest BCUT2D eigenvalue weighted by atomic mass is 16.5. The predicted octanol–water partition coefficient (Wildman–Crippen LogP) is 2.52. The number of likely N-dealkylation sites (tertiary alicyclic amines) is 1. The zero-order valence-corrected chi connectivity index (χ0v) is 15.0. The van der Waals surface area contributed by atoms with E-state index in [1.165, 1.54) is 0 Å². The van der Waals surface area contributed by atoms with Crippen LogP contribution in [0, 0.1) is 6.92 Å². The first-order valence-electron chi connectivity index (χ1n) is 8.88. The van der Waals surface area contributed by atoms with Crippen LogP contribution in [0.1, 0.15) is 36.2 Å². The average molecular weight is 368 g/mol. The Balaban J connectivity index is 1.33. The van der Waals surface area contributed by atoms with Crippen molar-refractivity contribution in [3.8, 4) is 11.3 Å². The van der Waals surface area contributed by atoms with Crippen molar-refractivity contribution in [2.45, 2.75) is 32.2 Å². The molecule has 2 amide bonds. The number of hydrogen-bond donors (Lipinski definition) is 1. The minimum Gasteiger partial charge on any atom is -0.359 e. The highest BCUT2D eigenvalue weighted by molar-refractivity contribution is 5.74. The molecule has 4 heterocycles. The summed E-state index contributed by atoms with van der Waals surface area (Å²) >= 11 is 0. The van der Waals surface area contributed by atoms with E-state index >= 15 is 0 Å². The Hall–Kier alpha value is -3.23. The number of aryl methyl sites for hydroxylation is 1. The summed E-state index contributed by atoms with van der Waals surface area (Å²) < 4.78 is 10.4. The number of nitrogens with one attached hydrogen (secondary N) is 1. The van der Waals surface area contributed by atoms with Crippen LogP contribution in [0.3, 0.4) is 0 Å². The van der Waals surface area contributed by atoms with E-state index in [0.717, 1.165) is 18.4 Å². The maximum atomic E-state index is 12.5. The van der Waals surface area contributed by atoms with E-state index in [9.17, 15) is 4.79 Å². The lowest BCUT2D eigenvalue weighted by atomic mass is 9.98. The number of hydrogen-bond acceptors (Lipinski definition) is 7. The third-order valence-corrected chi connectivity index (χ3v) is 4.55. The van der Waals surface area contributed by atoms with Gasteiger partial charge in [-0.1, -0.05) is 10.3 Å². The molecule has 3 aromatic rings. The summed E-state index contributed by atoms with van der Waals surface area (Å²) in [5.41, 5.74) is 1.56. The molecule has 1 atom stereocenters. The first-order valence-corrected chi connectivity index (χ1v) is 8.88. The fourth-order valence-corrected chi connectivity index (χ4v) is 3.17. The highest BCUT2D eigenvalue weighted by Crippen LogP contribution is 2.25. The van der Waals surface area contributed by atoms with Gasteiger partial charge in [0.25, 0.3) is 0 Å². The first-order chi connectivity index (χ1) is 13.2. The third kappa shape index (κ3) is 3.97. The van der Waals surface area contributed by atoms with Gasteiger partial charge in [0.2, 0.25) is 5.89 Å². The molecule has 0 spiro atoms. The van der Waals surface area contributed by atoms with Gasteiger partial charge in [-0.2, -0.15) is 4.98 Å². The van der Waals surface area contributed by atoms with E-state index in [4.69, 9.17) is 9.05 Å². The van der Waals surface area contributed by atoms with Gasteiger partial charge < -0.3 is 19.3 Å². The van der Waals surface area contributed by atoms with Gasteiger partial charge in [-0.25, -0.2) is 4.79 Å². The van der Waals surface area contributed by atoms with Crippen molar-refractivity contribution >= 4 is 6.03 Å². The summed E-state index contributed by atoms with van der Waals surface area (Å²) in [4.78, 5) is 22.6. The first kappa shape index (κ1) is 17.2. The molecule has 1 N–H and O–H groups in total. The lowest BCUT2D eigenvalue weighted by Crippen LogP contribution is -2.44. The second-order valence-corrected chi connectivity index (χ2v) is 6.54. The molecular formula is C18H20N6O3. The SMILES string of the molecule is Cc1nc(C2CCCN(C(=O)NCc3cc(-c4cccnc4)no3)C2)no1. The molecule has 1 aliphatic heterocycles. The van der Waals surface area contributed by atoms with Crippen molar-refractivity contribution in [2.24, 2.45) is 0 Å². The molecule has 9 heteroatoms. The summed E-state index contributed by atoms with van der Waals surface area (Å²) in [6, 6.07) is 5.40. The number of nitrogens with zero attached hydrogens (tertiary/aromatic N) is 5. The number of pyridine rings is 1. The Kier molecular flexibility index (Phi) is 4.82. The quantitative estimate of drug-likeness (QED) is 0.753. The molecule has 0 bridgehead atoms. The molecule has 0 radical (unpaired) electrons. The van der Waals surface area contributed by atoms with Crippen LogP contribution in [0.5, 0.6) is 0 Å². The number of urea groups is 1. The largest absolute Gasteiger partial charge is 0.359 e. The van der Waals surface area contributed by atoms with Crippen molar-refractivity contribution in [3.05, 3.63) is 48.1 Å². The molecule has 0 aromatic carbocycles. The molecular weight excluding hydrogens is 348 g/mol. The summed E-state index contributed by atoms with van der Waals surface area (Å²) in [7, 11) is 0. The highest BCUT2D eigenvalue weighted by Gasteiger charge is 2.27. The zero-order valence-electron chi connectivity index (χ0n) is 15.0. The minimum atomic E-state index is -0.140. The van der Waals surface area contributed by atoms with Gasteiger partial charge in [0, 0.05) is 50.0 Å². The van der Waals surface area contributed by atoms with Crippen molar-refractivity contribution in [1.82, 2.24) is 30.5 Å². The smallest absolute Gasteiger partial charge is 0.317 e. The molecule has 9 nitrogen and oxygen atoms in total. The lowest BCUT2D eigenvalue weighted by Gasteiger charge is -2.31. The van der Waals surface area contributed by atoms with E-state index < -0.39 is 0 Å². The van der Waals surface area contributed by atoms with Gasteiger partial charge in [-0.3, -0.25) is 4.98 Å². The average Bonchev–Trinajstić information content (AvgIpc) is 3.36. The normalized spacial score (nSPS) is 17.1. The fourth-order valence-electron chi connectivity index (χ4n) is 3.17. The molecule has 1 unspecified atom stereocenters. The predicted molar refractivity (Wildman–Crippen MR) is 94.6 cm³/mol. The lowest BCUT2D eigenvalue weighted by molar-refractivity contribution is 0.176. The van der Waals surface area contributed by atoms with Crippen molar-refractivity contribution in [1.29, 1.82) is 0 Å². The molecule has 140 valence electrons. The van der Waals surface area contributed by atoms with Crippen LogP contribution in [-0.2, 0) is 6.54 Å². The topological polar surface area (TPSA) is 110 Å². The maximum absolute atomic E-state index is 12.5. The molecule has 1 fully saturated rings. The number of carbonyl (C=O) groups is 1.